The third-order valence-corrected chi connectivity index (χ3v) is 4.80. The number of hydrogen-bond donors (Lipinski definition) is 2. The van der Waals surface area contributed by atoms with Crippen molar-refractivity contribution in [1.29, 1.82) is 0 Å². The highest BCUT2D eigenvalue weighted by atomic mass is 16.3. The fourth-order valence-electron chi connectivity index (χ4n) is 3.18. The van der Waals surface area contributed by atoms with Crippen molar-refractivity contribution in [2.75, 3.05) is 7.11 Å². The Balaban J connectivity index is 0.000000665. The van der Waals surface area contributed by atoms with Crippen molar-refractivity contribution < 1.29 is 15.0 Å². The summed E-state index contributed by atoms with van der Waals surface area (Å²) in [7, 11) is 1.00. The van der Waals surface area contributed by atoms with Crippen molar-refractivity contribution >= 4 is 23.3 Å². The number of carbonyl (C=O) groups excluding carboxylic acids is 1. The number of hydrogen-bond acceptors (Lipinski definition) is 4. The minimum Gasteiger partial charge on any atom is -0.400 e. The van der Waals surface area contributed by atoms with Crippen LogP contribution < -0.4 is 0 Å². The maximum Gasteiger partial charge on any atom is 0.116 e. The van der Waals surface area contributed by atoms with Crippen LogP contribution in [0.3, 0.4) is 0 Å². The first-order valence-electron chi connectivity index (χ1n) is 9.62. The SMILES string of the molecule is CC=O.CCc1ccc2ccc(/C=C/C3CCC(C)(O)CC3)cc2n1.CO. The van der Waals surface area contributed by atoms with Crippen LogP contribution in [0, 0.1) is 5.92 Å². The Hall–Kier alpha value is -2.04. The first-order chi connectivity index (χ1) is 13.0. The number of aromatic nitrogens is 1. The molecule has 1 aliphatic rings. The summed E-state index contributed by atoms with van der Waals surface area (Å²) in [5.74, 6) is 0.589. The lowest BCUT2D eigenvalue weighted by Gasteiger charge is -2.31. The Kier molecular flexibility index (Phi) is 9.90. The van der Waals surface area contributed by atoms with Crippen molar-refractivity contribution in [2.45, 2.75) is 58.5 Å². The molecule has 1 aliphatic carbocycles. The number of aryl methyl sites for hydroxylation is 1. The molecule has 1 saturated carbocycles. The van der Waals surface area contributed by atoms with Gasteiger partial charge in [-0.15, -0.1) is 0 Å². The molecule has 1 fully saturated rings. The summed E-state index contributed by atoms with van der Waals surface area (Å²) in [6.07, 6.45) is 10.2. The van der Waals surface area contributed by atoms with Crippen molar-refractivity contribution in [2.24, 2.45) is 5.92 Å². The topological polar surface area (TPSA) is 70.4 Å². The van der Waals surface area contributed by atoms with Gasteiger partial charge >= 0.3 is 0 Å². The van der Waals surface area contributed by atoms with Crippen molar-refractivity contribution in [3.8, 4) is 0 Å². The van der Waals surface area contributed by atoms with Gasteiger partial charge in [-0.05, 0) is 69.6 Å². The van der Waals surface area contributed by atoms with Gasteiger partial charge in [0.1, 0.15) is 6.29 Å². The Morgan fingerprint density at radius 3 is 2.37 bits per heavy atom. The summed E-state index contributed by atoms with van der Waals surface area (Å²) >= 11 is 0. The van der Waals surface area contributed by atoms with E-state index in [1.807, 2.05) is 6.92 Å². The quantitative estimate of drug-likeness (QED) is 0.776. The molecule has 2 N–H and O–H groups in total. The van der Waals surface area contributed by atoms with E-state index in [0.717, 1.165) is 56.7 Å². The number of aliphatic hydroxyl groups is 2. The van der Waals surface area contributed by atoms with Gasteiger partial charge in [0.15, 0.2) is 0 Å². The summed E-state index contributed by atoms with van der Waals surface area (Å²) < 4.78 is 0. The molecule has 3 rings (SSSR count). The van der Waals surface area contributed by atoms with Gasteiger partial charge in [0, 0.05) is 18.2 Å². The molecule has 0 spiro atoms. The van der Waals surface area contributed by atoms with Crippen LogP contribution in [0.4, 0.5) is 0 Å². The van der Waals surface area contributed by atoms with Gasteiger partial charge in [-0.1, -0.05) is 37.3 Å². The minimum absolute atomic E-state index is 0.451. The molecule has 4 heteroatoms. The fourth-order valence-corrected chi connectivity index (χ4v) is 3.18. The summed E-state index contributed by atoms with van der Waals surface area (Å²) in [6, 6.07) is 10.7. The van der Waals surface area contributed by atoms with E-state index >= 15 is 0 Å². The van der Waals surface area contributed by atoms with E-state index < -0.39 is 5.60 Å². The lowest BCUT2D eigenvalue weighted by molar-refractivity contribution is -0.106. The highest BCUT2D eigenvalue weighted by Crippen LogP contribution is 2.32. The first kappa shape index (κ1) is 23.0. The molecule has 0 bridgehead atoms. The molecule has 1 aromatic carbocycles. The van der Waals surface area contributed by atoms with E-state index in [2.05, 4.69) is 49.4 Å². The van der Waals surface area contributed by atoms with Crippen LogP contribution in [-0.2, 0) is 11.2 Å². The average molecular weight is 372 g/mol. The summed E-state index contributed by atoms with van der Waals surface area (Å²) in [6.45, 7) is 5.53. The van der Waals surface area contributed by atoms with Gasteiger partial charge in [0.25, 0.3) is 0 Å². The minimum atomic E-state index is -0.451. The monoisotopic (exact) mass is 371 g/mol. The van der Waals surface area contributed by atoms with E-state index in [9.17, 15) is 5.11 Å². The summed E-state index contributed by atoms with van der Waals surface area (Å²) in [5, 5.41) is 18.2. The predicted molar refractivity (Wildman–Crippen MR) is 113 cm³/mol. The molecule has 0 saturated heterocycles. The fraction of sp³-hybridized carbons (Fsp3) is 0.478. The Labute approximate surface area is 163 Å². The lowest BCUT2D eigenvalue weighted by atomic mass is 9.80. The van der Waals surface area contributed by atoms with Crippen LogP contribution in [0.2, 0.25) is 0 Å². The third kappa shape index (κ3) is 7.61. The molecule has 0 unspecified atom stereocenters. The smallest absolute Gasteiger partial charge is 0.116 e. The van der Waals surface area contributed by atoms with E-state index in [0.29, 0.717) is 5.92 Å². The second-order valence-corrected chi connectivity index (χ2v) is 7.04. The molecule has 1 aromatic heterocycles. The number of rotatable bonds is 3. The maximum atomic E-state index is 10.0. The molecular weight excluding hydrogens is 338 g/mol. The number of carbonyl (C=O) groups is 1. The van der Waals surface area contributed by atoms with Gasteiger partial charge in [0.2, 0.25) is 0 Å². The average Bonchev–Trinajstić information content (AvgIpc) is 2.68. The molecule has 0 radical (unpaired) electrons. The first-order valence-corrected chi connectivity index (χ1v) is 9.62. The number of allylic oxidation sites excluding steroid dienone is 1. The molecule has 0 atom stereocenters. The van der Waals surface area contributed by atoms with Gasteiger partial charge in [-0.2, -0.15) is 0 Å². The number of pyridine rings is 1. The maximum absolute atomic E-state index is 10.0. The molecule has 148 valence electrons. The van der Waals surface area contributed by atoms with Gasteiger partial charge in [0.05, 0.1) is 11.1 Å². The molecule has 2 aromatic rings. The van der Waals surface area contributed by atoms with Crippen molar-refractivity contribution in [3.05, 3.63) is 47.7 Å². The lowest BCUT2D eigenvalue weighted by Crippen LogP contribution is -2.29. The molecular formula is C23H33NO3. The molecule has 4 nitrogen and oxygen atoms in total. The Morgan fingerprint density at radius 2 is 1.78 bits per heavy atom. The number of nitrogens with zero attached hydrogens (tertiary/aromatic N) is 1. The third-order valence-electron chi connectivity index (χ3n) is 4.80. The zero-order chi connectivity index (χ0) is 20.3. The second-order valence-electron chi connectivity index (χ2n) is 7.04. The molecule has 27 heavy (non-hydrogen) atoms. The van der Waals surface area contributed by atoms with Crippen LogP contribution >= 0.6 is 0 Å². The van der Waals surface area contributed by atoms with Gasteiger partial charge < -0.3 is 15.0 Å². The van der Waals surface area contributed by atoms with Gasteiger partial charge in [-0.25, -0.2) is 0 Å². The predicted octanol–water partition coefficient (Wildman–Crippen LogP) is 4.57. The zero-order valence-corrected chi connectivity index (χ0v) is 17.0. The van der Waals surface area contributed by atoms with E-state index in [4.69, 9.17) is 14.9 Å². The summed E-state index contributed by atoms with van der Waals surface area (Å²) in [5.41, 5.74) is 2.98. The Morgan fingerprint density at radius 1 is 1.19 bits per heavy atom. The van der Waals surface area contributed by atoms with E-state index in [-0.39, 0.29) is 0 Å². The van der Waals surface area contributed by atoms with E-state index in [1.54, 1.807) is 0 Å². The van der Waals surface area contributed by atoms with Crippen molar-refractivity contribution in [3.63, 3.8) is 0 Å². The Bertz CT molecular complexity index is 727. The highest BCUT2D eigenvalue weighted by molar-refractivity contribution is 5.81. The van der Waals surface area contributed by atoms with Crippen LogP contribution in [0.5, 0.6) is 0 Å². The number of fused-ring (bicyclic) bond motifs is 1. The standard InChI is InChI=1S/C20H25NO.C2H4O.CH4O/c1-3-18-9-8-17-7-6-16(14-19(17)21-18)5-4-15-10-12-20(2,22)13-11-15;1-2-3;1-2/h4-9,14-15,22H,3,10-13H2,1-2H3;2H,1H3;2H,1H3/b5-4+;;. The molecule has 1 heterocycles. The van der Waals surface area contributed by atoms with Crippen LogP contribution in [0.25, 0.3) is 17.0 Å². The highest BCUT2D eigenvalue weighted by Gasteiger charge is 2.27. The number of aliphatic hydroxyl groups excluding tert-OH is 1. The number of benzene rings is 1. The second kappa shape index (κ2) is 11.6. The normalized spacial score (nSPS) is 21.8. The largest absolute Gasteiger partial charge is 0.400 e. The van der Waals surface area contributed by atoms with Crippen molar-refractivity contribution in [1.82, 2.24) is 4.98 Å². The summed E-state index contributed by atoms with van der Waals surface area (Å²) in [4.78, 5) is 13.5. The van der Waals surface area contributed by atoms with Crippen LogP contribution in [-0.4, -0.2) is 34.2 Å². The molecule has 0 amide bonds. The van der Waals surface area contributed by atoms with Crippen LogP contribution in [0.15, 0.2) is 36.4 Å². The van der Waals surface area contributed by atoms with Crippen LogP contribution in [0.1, 0.15) is 57.7 Å². The van der Waals surface area contributed by atoms with E-state index in [1.165, 1.54) is 17.9 Å². The number of aldehydes is 1. The van der Waals surface area contributed by atoms with Gasteiger partial charge in [-0.3, -0.25) is 4.98 Å². The zero-order valence-electron chi connectivity index (χ0n) is 17.0. The molecule has 0 aliphatic heterocycles.